The molecule has 33 heavy (non-hydrogen) atoms. The van der Waals surface area contributed by atoms with E-state index in [0.717, 1.165) is 5.56 Å². The zero-order chi connectivity index (χ0) is 24.0. The Morgan fingerprint density at radius 1 is 1.12 bits per heavy atom. The van der Waals surface area contributed by atoms with Gasteiger partial charge >= 0.3 is 5.69 Å². The van der Waals surface area contributed by atoms with E-state index in [1.807, 2.05) is 24.3 Å². The van der Waals surface area contributed by atoms with Gasteiger partial charge in [0.25, 0.3) is 11.5 Å². The molecule has 0 aliphatic carbocycles. The number of amides is 1. The Hall–Kier alpha value is -2.75. The van der Waals surface area contributed by atoms with Gasteiger partial charge in [-0.25, -0.2) is 4.79 Å². The zero-order valence-electron chi connectivity index (χ0n) is 19.6. The predicted octanol–water partition coefficient (Wildman–Crippen LogP) is 1.72. The van der Waals surface area contributed by atoms with Crippen LogP contribution >= 0.6 is 0 Å². The number of nitrogens with one attached hydrogen (secondary N) is 2. The highest BCUT2D eigenvalue weighted by Gasteiger charge is 2.52. The molecule has 0 spiro atoms. The molecular weight excluding hydrogens is 426 g/mol. The summed E-state index contributed by atoms with van der Waals surface area (Å²) in [5, 5.41) is 2.92. The number of ether oxygens (including phenoxy) is 3. The van der Waals surface area contributed by atoms with Crippen LogP contribution in [0.15, 0.2) is 46.1 Å². The molecule has 9 heteroatoms. The quantitative estimate of drug-likeness (QED) is 0.723. The molecule has 0 saturated carbocycles. The van der Waals surface area contributed by atoms with E-state index in [-0.39, 0.29) is 24.5 Å². The number of rotatable bonds is 4. The van der Waals surface area contributed by atoms with Crippen molar-refractivity contribution in [2.45, 2.75) is 70.2 Å². The van der Waals surface area contributed by atoms with E-state index in [1.54, 1.807) is 13.8 Å². The first kappa shape index (κ1) is 23.4. The van der Waals surface area contributed by atoms with Crippen molar-refractivity contribution in [1.29, 1.82) is 0 Å². The van der Waals surface area contributed by atoms with Crippen LogP contribution in [0.2, 0.25) is 0 Å². The fourth-order valence-electron chi connectivity index (χ4n) is 4.33. The van der Waals surface area contributed by atoms with Crippen LogP contribution in [0.25, 0.3) is 0 Å². The largest absolute Gasteiger partial charge is 0.371 e. The number of hydrogen-bond acceptors (Lipinski definition) is 6. The number of benzene rings is 1. The fourth-order valence-corrected chi connectivity index (χ4v) is 4.33. The highest BCUT2D eigenvalue weighted by Crippen LogP contribution is 2.39. The van der Waals surface area contributed by atoms with Gasteiger partial charge in [-0.2, -0.15) is 0 Å². The van der Waals surface area contributed by atoms with E-state index in [0.29, 0.717) is 5.56 Å². The molecule has 2 aliphatic heterocycles. The maximum Gasteiger partial charge on any atom is 0.328 e. The third kappa shape index (κ3) is 4.95. The molecule has 9 nitrogen and oxygen atoms in total. The van der Waals surface area contributed by atoms with Crippen LogP contribution in [0.3, 0.4) is 0 Å². The Labute approximate surface area is 192 Å². The van der Waals surface area contributed by atoms with Gasteiger partial charge in [-0.05, 0) is 37.0 Å². The molecule has 1 amide bonds. The van der Waals surface area contributed by atoms with Crippen molar-refractivity contribution in [2.24, 2.45) is 0 Å². The van der Waals surface area contributed by atoms with Crippen LogP contribution in [0.1, 0.15) is 56.6 Å². The van der Waals surface area contributed by atoms with Crippen molar-refractivity contribution in [3.8, 4) is 0 Å². The highest BCUT2D eigenvalue weighted by atomic mass is 16.8. The number of aromatic nitrogens is 2. The number of fused-ring (bicyclic) bond motifs is 1. The number of nitrogens with zero attached hydrogens (tertiary/aromatic N) is 1. The first-order valence-electron chi connectivity index (χ1n) is 11.1. The first-order chi connectivity index (χ1) is 15.4. The summed E-state index contributed by atoms with van der Waals surface area (Å²) in [4.78, 5) is 38.7. The summed E-state index contributed by atoms with van der Waals surface area (Å²) in [6.45, 7) is 10.4. The van der Waals surface area contributed by atoms with Gasteiger partial charge < -0.3 is 19.5 Å². The van der Waals surface area contributed by atoms with Crippen LogP contribution in [-0.4, -0.2) is 52.7 Å². The van der Waals surface area contributed by atoms with Gasteiger partial charge in [0.1, 0.15) is 18.3 Å². The maximum absolute atomic E-state index is 12.7. The predicted molar refractivity (Wildman–Crippen MR) is 121 cm³/mol. The molecule has 2 aromatic rings. The van der Waals surface area contributed by atoms with Gasteiger partial charge in [0.2, 0.25) is 0 Å². The lowest BCUT2D eigenvalue weighted by molar-refractivity contribution is -0.153. The third-order valence-electron chi connectivity index (χ3n) is 6.08. The molecule has 2 fully saturated rings. The lowest BCUT2D eigenvalue weighted by atomic mass is 9.86. The Kier molecular flexibility index (Phi) is 6.07. The normalized spacial score (nSPS) is 26.6. The summed E-state index contributed by atoms with van der Waals surface area (Å²) in [5.74, 6) is -1.08. The second kappa shape index (κ2) is 8.55. The van der Waals surface area contributed by atoms with E-state index in [9.17, 15) is 14.4 Å². The molecule has 0 bridgehead atoms. The molecule has 3 heterocycles. The second-order valence-corrected chi connectivity index (χ2v) is 10.1. The second-order valence-electron chi connectivity index (χ2n) is 10.1. The van der Waals surface area contributed by atoms with E-state index < -0.39 is 41.4 Å². The summed E-state index contributed by atoms with van der Waals surface area (Å²) in [6.07, 6.45) is 0.000319. The van der Waals surface area contributed by atoms with Crippen LogP contribution < -0.4 is 16.6 Å². The van der Waals surface area contributed by atoms with Crippen LogP contribution in [0.4, 0.5) is 0 Å². The first-order valence-corrected chi connectivity index (χ1v) is 11.1. The van der Waals surface area contributed by atoms with Crippen molar-refractivity contribution in [3.05, 3.63) is 68.5 Å². The SMILES string of the molecule is CC1(C)O[C@@H]2[C@H](O1)[C@@H](CNC(=O)c1ccc(C(C)(C)C)cc1)OC[C@H]2n1ccc(=O)[nH]c1=O. The molecule has 4 atom stereocenters. The third-order valence-corrected chi connectivity index (χ3v) is 6.08. The average molecular weight is 458 g/mol. The summed E-state index contributed by atoms with van der Waals surface area (Å²) in [5.41, 5.74) is 0.728. The number of aromatic amines is 1. The number of hydrogen-bond donors (Lipinski definition) is 2. The number of carbonyl (C=O) groups excluding carboxylic acids is 1. The summed E-state index contributed by atoms with van der Waals surface area (Å²) in [7, 11) is 0. The van der Waals surface area contributed by atoms with Crippen LogP contribution in [-0.2, 0) is 19.6 Å². The van der Waals surface area contributed by atoms with E-state index in [4.69, 9.17) is 14.2 Å². The van der Waals surface area contributed by atoms with Gasteiger partial charge in [0.15, 0.2) is 5.79 Å². The number of H-pyrrole nitrogens is 1. The highest BCUT2D eigenvalue weighted by molar-refractivity contribution is 5.94. The summed E-state index contributed by atoms with van der Waals surface area (Å²) in [6, 6.07) is 8.37. The number of carbonyl (C=O) groups is 1. The molecule has 2 aliphatic rings. The minimum Gasteiger partial charge on any atom is -0.371 e. The zero-order valence-corrected chi connectivity index (χ0v) is 19.6. The average Bonchev–Trinajstić information content (AvgIpc) is 3.07. The van der Waals surface area contributed by atoms with E-state index >= 15 is 0 Å². The van der Waals surface area contributed by atoms with Gasteiger partial charge in [0, 0.05) is 24.4 Å². The van der Waals surface area contributed by atoms with Crippen molar-refractivity contribution < 1.29 is 19.0 Å². The van der Waals surface area contributed by atoms with Crippen molar-refractivity contribution in [1.82, 2.24) is 14.9 Å². The van der Waals surface area contributed by atoms with Gasteiger partial charge in [-0.15, -0.1) is 0 Å². The molecule has 1 aromatic heterocycles. The maximum atomic E-state index is 12.7. The van der Waals surface area contributed by atoms with Gasteiger partial charge in [-0.1, -0.05) is 32.9 Å². The van der Waals surface area contributed by atoms with Gasteiger partial charge in [0.05, 0.1) is 12.6 Å². The van der Waals surface area contributed by atoms with Crippen molar-refractivity contribution in [3.63, 3.8) is 0 Å². The Morgan fingerprint density at radius 3 is 2.42 bits per heavy atom. The van der Waals surface area contributed by atoms with Crippen molar-refractivity contribution in [2.75, 3.05) is 13.2 Å². The lowest BCUT2D eigenvalue weighted by Crippen LogP contribution is -2.54. The summed E-state index contributed by atoms with van der Waals surface area (Å²) < 4.78 is 19.6. The molecule has 0 radical (unpaired) electrons. The lowest BCUT2D eigenvalue weighted by Gasteiger charge is -2.37. The van der Waals surface area contributed by atoms with Crippen molar-refractivity contribution >= 4 is 5.91 Å². The monoisotopic (exact) mass is 457 g/mol. The minimum atomic E-state index is -0.877. The molecule has 1 aromatic carbocycles. The van der Waals surface area contributed by atoms with E-state index in [2.05, 4.69) is 31.1 Å². The van der Waals surface area contributed by atoms with E-state index in [1.165, 1.54) is 16.8 Å². The Morgan fingerprint density at radius 2 is 1.79 bits per heavy atom. The summed E-state index contributed by atoms with van der Waals surface area (Å²) >= 11 is 0. The minimum absolute atomic E-state index is 0.0108. The molecule has 2 saturated heterocycles. The topological polar surface area (TPSA) is 112 Å². The Bertz CT molecular complexity index is 1130. The smallest absolute Gasteiger partial charge is 0.328 e. The molecule has 4 rings (SSSR count). The standard InChI is InChI=1S/C24H31N3O6/c1-23(2,3)15-8-6-14(7-9-15)21(29)25-12-17-20-19(32-24(4,5)33-20)16(13-31-17)27-11-10-18(28)26-22(27)30/h6-11,16-17,19-20H,12-13H2,1-5H3,(H,25,29)(H,26,28,30)/t16-,17-,19+,20-/m1/s1. The van der Waals surface area contributed by atoms with Crippen LogP contribution in [0.5, 0.6) is 0 Å². The molecular formula is C24H31N3O6. The Balaban J connectivity index is 1.47. The fraction of sp³-hybridized carbons (Fsp3) is 0.542. The molecule has 2 N–H and O–H groups in total. The van der Waals surface area contributed by atoms with Crippen LogP contribution in [0, 0.1) is 0 Å². The molecule has 0 unspecified atom stereocenters. The molecule has 178 valence electrons. The van der Waals surface area contributed by atoms with Gasteiger partial charge in [-0.3, -0.25) is 19.1 Å².